The first kappa shape index (κ1) is 12.9. The Morgan fingerprint density at radius 1 is 1.44 bits per heavy atom. The van der Waals surface area contributed by atoms with Gasteiger partial charge in [-0.1, -0.05) is 6.92 Å². The Kier molecular flexibility index (Phi) is 5.76. The fourth-order valence-corrected chi connectivity index (χ4v) is 1.77. The van der Waals surface area contributed by atoms with Crippen LogP contribution in [-0.4, -0.2) is 29.3 Å². The Hall–Kier alpha value is -1.18. The fourth-order valence-electron chi connectivity index (χ4n) is 1.09. The van der Waals surface area contributed by atoms with Crippen LogP contribution in [0.3, 0.4) is 0 Å². The summed E-state index contributed by atoms with van der Waals surface area (Å²) in [5.74, 6) is 1.62. The van der Waals surface area contributed by atoms with Gasteiger partial charge in [0, 0.05) is 11.0 Å². The molecule has 0 fully saturated rings. The summed E-state index contributed by atoms with van der Waals surface area (Å²) in [5, 5.41) is 17.7. The molecule has 86 valence electrons. The average Bonchev–Trinajstić information content (AvgIpc) is 2.35. The lowest BCUT2D eigenvalue weighted by Gasteiger charge is -2.08. The number of rotatable bonds is 6. The minimum absolute atomic E-state index is 0.196. The zero-order valence-electron chi connectivity index (χ0n) is 9.22. The maximum absolute atomic E-state index is 8.82. The topological polar surface area (TPSA) is 53.2 Å². The summed E-state index contributed by atoms with van der Waals surface area (Å²) in [6.07, 6.45) is 0. The molecule has 4 heteroatoms. The summed E-state index contributed by atoms with van der Waals surface area (Å²) in [7, 11) is 0. The quantitative estimate of drug-likeness (QED) is 0.769. The molecule has 1 rings (SSSR count). The molecule has 1 aromatic carbocycles. The number of aliphatic hydroxyl groups is 1. The van der Waals surface area contributed by atoms with Crippen LogP contribution in [-0.2, 0) is 0 Å². The van der Waals surface area contributed by atoms with Crippen molar-refractivity contribution in [2.45, 2.75) is 12.2 Å². The Balaban J connectivity index is 2.25. The van der Waals surface area contributed by atoms with Crippen molar-refractivity contribution in [2.75, 3.05) is 19.0 Å². The van der Waals surface area contributed by atoms with Crippen LogP contribution in [0.15, 0.2) is 24.3 Å². The predicted octanol–water partition coefficient (Wildman–Crippen LogP) is 2.05. The molecule has 1 unspecified atom stereocenters. The van der Waals surface area contributed by atoms with Crippen molar-refractivity contribution >= 4 is 11.8 Å². The third-order valence-electron chi connectivity index (χ3n) is 1.99. The lowest BCUT2D eigenvalue weighted by Crippen LogP contribution is -2.07. The summed E-state index contributed by atoms with van der Waals surface area (Å²) >= 11 is 1.68. The van der Waals surface area contributed by atoms with E-state index in [9.17, 15) is 0 Å². The highest BCUT2D eigenvalue weighted by molar-refractivity contribution is 7.99. The van der Waals surface area contributed by atoms with E-state index >= 15 is 0 Å². The van der Waals surface area contributed by atoms with E-state index < -0.39 is 0 Å². The summed E-state index contributed by atoms with van der Waals surface area (Å²) in [5.41, 5.74) is 0.635. The maximum Gasteiger partial charge on any atom is 0.119 e. The first-order valence-corrected chi connectivity index (χ1v) is 6.16. The minimum Gasteiger partial charge on any atom is -0.493 e. The minimum atomic E-state index is 0.196. The molecule has 0 aromatic heterocycles. The van der Waals surface area contributed by atoms with E-state index in [1.807, 2.05) is 6.92 Å². The SMILES string of the molecule is CC(CO)SCCOc1ccc(C#N)cc1. The summed E-state index contributed by atoms with van der Waals surface area (Å²) in [6.45, 7) is 2.79. The fraction of sp³-hybridized carbons (Fsp3) is 0.417. The number of benzene rings is 1. The van der Waals surface area contributed by atoms with E-state index in [0.717, 1.165) is 11.5 Å². The number of thioether (sulfide) groups is 1. The second-order valence-electron chi connectivity index (χ2n) is 3.35. The van der Waals surface area contributed by atoms with Gasteiger partial charge in [-0.2, -0.15) is 17.0 Å². The summed E-state index contributed by atoms with van der Waals surface area (Å²) < 4.78 is 5.49. The van der Waals surface area contributed by atoms with Crippen LogP contribution in [0.4, 0.5) is 0 Å². The van der Waals surface area contributed by atoms with E-state index in [4.69, 9.17) is 15.1 Å². The molecule has 0 saturated heterocycles. The lowest BCUT2D eigenvalue weighted by atomic mass is 10.2. The number of nitriles is 1. The average molecular weight is 237 g/mol. The zero-order chi connectivity index (χ0) is 11.8. The molecule has 1 atom stereocenters. The van der Waals surface area contributed by atoms with Crippen molar-refractivity contribution in [3.05, 3.63) is 29.8 Å². The highest BCUT2D eigenvalue weighted by Gasteiger charge is 2.00. The molecule has 3 nitrogen and oxygen atoms in total. The standard InChI is InChI=1S/C12H15NO2S/c1-10(9-14)16-7-6-15-12-4-2-11(8-13)3-5-12/h2-5,10,14H,6-7,9H2,1H3. The number of nitrogens with zero attached hydrogens (tertiary/aromatic N) is 1. The van der Waals surface area contributed by atoms with Gasteiger partial charge >= 0.3 is 0 Å². The van der Waals surface area contributed by atoms with Gasteiger partial charge in [-0.05, 0) is 24.3 Å². The molecule has 0 spiro atoms. The van der Waals surface area contributed by atoms with Gasteiger partial charge in [0.1, 0.15) is 5.75 Å². The Morgan fingerprint density at radius 3 is 2.69 bits per heavy atom. The number of hydrogen-bond donors (Lipinski definition) is 1. The largest absolute Gasteiger partial charge is 0.493 e. The van der Waals surface area contributed by atoms with Gasteiger partial charge in [0.25, 0.3) is 0 Å². The molecule has 0 amide bonds. The number of ether oxygens (including phenoxy) is 1. The molecule has 0 radical (unpaired) electrons. The zero-order valence-corrected chi connectivity index (χ0v) is 10.0. The first-order chi connectivity index (χ1) is 7.76. The van der Waals surface area contributed by atoms with E-state index in [1.54, 1.807) is 36.0 Å². The van der Waals surface area contributed by atoms with Crippen molar-refractivity contribution in [3.8, 4) is 11.8 Å². The molecule has 1 N–H and O–H groups in total. The molecule has 0 aliphatic carbocycles. The second-order valence-corrected chi connectivity index (χ2v) is 4.89. The molecule has 0 aliphatic rings. The summed E-state index contributed by atoms with van der Waals surface area (Å²) in [6, 6.07) is 9.11. The Bertz CT molecular complexity index is 345. The van der Waals surface area contributed by atoms with Gasteiger partial charge in [0.05, 0.1) is 24.8 Å². The molecule has 0 bridgehead atoms. The van der Waals surface area contributed by atoms with Crippen LogP contribution >= 0.6 is 11.8 Å². The highest BCUT2D eigenvalue weighted by atomic mass is 32.2. The van der Waals surface area contributed by atoms with Crippen LogP contribution in [0.25, 0.3) is 0 Å². The van der Waals surface area contributed by atoms with Crippen LogP contribution in [0.1, 0.15) is 12.5 Å². The van der Waals surface area contributed by atoms with Gasteiger partial charge in [0.2, 0.25) is 0 Å². The number of hydrogen-bond acceptors (Lipinski definition) is 4. The first-order valence-electron chi connectivity index (χ1n) is 5.11. The number of aliphatic hydroxyl groups excluding tert-OH is 1. The van der Waals surface area contributed by atoms with Crippen LogP contribution in [0, 0.1) is 11.3 Å². The monoisotopic (exact) mass is 237 g/mol. The maximum atomic E-state index is 8.82. The second kappa shape index (κ2) is 7.15. The molecule has 0 aliphatic heterocycles. The van der Waals surface area contributed by atoms with E-state index in [0.29, 0.717) is 12.2 Å². The van der Waals surface area contributed by atoms with Crippen LogP contribution in [0.5, 0.6) is 5.75 Å². The Labute approximate surface area is 100 Å². The molecule has 0 saturated carbocycles. The smallest absolute Gasteiger partial charge is 0.119 e. The van der Waals surface area contributed by atoms with Crippen molar-refractivity contribution in [1.29, 1.82) is 5.26 Å². The van der Waals surface area contributed by atoms with E-state index in [2.05, 4.69) is 6.07 Å². The lowest BCUT2D eigenvalue weighted by molar-refractivity contribution is 0.299. The van der Waals surface area contributed by atoms with Gasteiger partial charge in [-0.15, -0.1) is 0 Å². The van der Waals surface area contributed by atoms with Crippen LogP contribution < -0.4 is 4.74 Å². The highest BCUT2D eigenvalue weighted by Crippen LogP contribution is 2.13. The Morgan fingerprint density at radius 2 is 2.12 bits per heavy atom. The third-order valence-corrected chi connectivity index (χ3v) is 3.12. The van der Waals surface area contributed by atoms with Gasteiger partial charge < -0.3 is 9.84 Å². The van der Waals surface area contributed by atoms with Crippen molar-refractivity contribution < 1.29 is 9.84 Å². The molecule has 1 aromatic rings. The van der Waals surface area contributed by atoms with E-state index in [-0.39, 0.29) is 11.9 Å². The predicted molar refractivity (Wildman–Crippen MR) is 65.7 cm³/mol. The third kappa shape index (κ3) is 4.56. The van der Waals surface area contributed by atoms with Crippen molar-refractivity contribution in [1.82, 2.24) is 0 Å². The summed E-state index contributed by atoms with van der Waals surface area (Å²) in [4.78, 5) is 0. The molecular formula is C12H15NO2S. The van der Waals surface area contributed by atoms with Crippen LogP contribution in [0.2, 0.25) is 0 Å². The molecular weight excluding hydrogens is 222 g/mol. The molecule has 16 heavy (non-hydrogen) atoms. The van der Waals surface area contributed by atoms with Crippen molar-refractivity contribution in [3.63, 3.8) is 0 Å². The molecule has 0 heterocycles. The van der Waals surface area contributed by atoms with Crippen molar-refractivity contribution in [2.24, 2.45) is 0 Å². The van der Waals surface area contributed by atoms with Gasteiger partial charge in [-0.3, -0.25) is 0 Å². The van der Waals surface area contributed by atoms with Gasteiger partial charge in [0.15, 0.2) is 0 Å². The van der Waals surface area contributed by atoms with E-state index in [1.165, 1.54) is 0 Å². The normalized spacial score (nSPS) is 11.8. The van der Waals surface area contributed by atoms with Gasteiger partial charge in [-0.25, -0.2) is 0 Å².